The summed E-state index contributed by atoms with van der Waals surface area (Å²) in [6, 6.07) is 7.16. The molecule has 0 heterocycles. The van der Waals surface area contributed by atoms with Crippen LogP contribution in [0.3, 0.4) is 0 Å². The third-order valence-corrected chi connectivity index (χ3v) is 6.06. The van der Waals surface area contributed by atoms with Crippen LogP contribution in [0.2, 0.25) is 0 Å². The van der Waals surface area contributed by atoms with Gasteiger partial charge < -0.3 is 0 Å². The summed E-state index contributed by atoms with van der Waals surface area (Å²) in [5.74, 6) is 0. The second-order valence-electron chi connectivity index (χ2n) is 10.3. The zero-order valence-electron chi connectivity index (χ0n) is 17.7. The molecule has 142 valence electrons. The van der Waals surface area contributed by atoms with E-state index in [0.717, 1.165) is 5.41 Å². The van der Waals surface area contributed by atoms with Gasteiger partial charge in [0.25, 0.3) is 0 Å². The van der Waals surface area contributed by atoms with Crippen LogP contribution in [-0.4, -0.2) is 0 Å². The fourth-order valence-electron chi connectivity index (χ4n) is 3.89. The van der Waals surface area contributed by atoms with Crippen molar-refractivity contribution in [3.8, 4) is 0 Å². The van der Waals surface area contributed by atoms with Crippen molar-refractivity contribution in [3.05, 3.63) is 34.9 Å². The molecule has 1 aliphatic rings. The molecule has 0 aliphatic heterocycles. The van der Waals surface area contributed by atoms with Crippen molar-refractivity contribution in [2.75, 3.05) is 0 Å². The van der Waals surface area contributed by atoms with Crippen molar-refractivity contribution in [1.82, 2.24) is 0 Å². The molecule has 0 atom stereocenters. The standard InChI is InChI=1S/C25H42/c1-21-14-15-22(12-8-6-10-16-24(2,3)4)23(20-21)13-9-7-11-17-25(5)18-19-25/h14-15,20H,6-13,16-19H2,1-5H3. The molecule has 0 heteroatoms. The normalized spacial score (nSPS) is 16.2. The third-order valence-electron chi connectivity index (χ3n) is 6.06. The second-order valence-corrected chi connectivity index (χ2v) is 10.3. The predicted octanol–water partition coefficient (Wildman–Crippen LogP) is 8.05. The van der Waals surface area contributed by atoms with E-state index in [-0.39, 0.29) is 0 Å². The van der Waals surface area contributed by atoms with Gasteiger partial charge in [-0.25, -0.2) is 0 Å². The molecule has 0 radical (unpaired) electrons. The highest BCUT2D eigenvalue weighted by Gasteiger charge is 2.35. The van der Waals surface area contributed by atoms with Gasteiger partial charge in [-0.3, -0.25) is 0 Å². The lowest BCUT2D eigenvalue weighted by molar-refractivity contribution is 0.358. The Morgan fingerprint density at radius 3 is 2.12 bits per heavy atom. The average Bonchev–Trinajstić information content (AvgIpc) is 3.25. The largest absolute Gasteiger partial charge is 0.0602 e. The molecule has 0 amide bonds. The van der Waals surface area contributed by atoms with Crippen molar-refractivity contribution < 1.29 is 0 Å². The summed E-state index contributed by atoms with van der Waals surface area (Å²) in [5.41, 5.74) is 5.91. The zero-order chi connectivity index (χ0) is 18.3. The van der Waals surface area contributed by atoms with E-state index in [4.69, 9.17) is 0 Å². The Labute approximate surface area is 157 Å². The van der Waals surface area contributed by atoms with Crippen LogP contribution in [0.5, 0.6) is 0 Å². The van der Waals surface area contributed by atoms with E-state index in [2.05, 4.69) is 52.8 Å². The maximum Gasteiger partial charge on any atom is -0.0276 e. The number of unbranched alkanes of at least 4 members (excludes halogenated alkanes) is 4. The van der Waals surface area contributed by atoms with Crippen LogP contribution in [0.15, 0.2) is 18.2 Å². The topological polar surface area (TPSA) is 0 Å². The number of hydrogen-bond acceptors (Lipinski definition) is 0. The van der Waals surface area contributed by atoms with Gasteiger partial charge in [0.05, 0.1) is 0 Å². The highest BCUT2D eigenvalue weighted by atomic mass is 14.4. The Kier molecular flexibility index (Phi) is 7.59. The molecule has 1 saturated carbocycles. The fourth-order valence-corrected chi connectivity index (χ4v) is 3.89. The van der Waals surface area contributed by atoms with E-state index in [1.54, 1.807) is 11.1 Å². The van der Waals surface area contributed by atoms with Gasteiger partial charge in [0.1, 0.15) is 0 Å². The van der Waals surface area contributed by atoms with Gasteiger partial charge in [0.2, 0.25) is 0 Å². The predicted molar refractivity (Wildman–Crippen MR) is 112 cm³/mol. The average molecular weight is 343 g/mol. The second kappa shape index (κ2) is 9.24. The van der Waals surface area contributed by atoms with E-state index < -0.39 is 0 Å². The van der Waals surface area contributed by atoms with E-state index in [1.165, 1.54) is 82.6 Å². The molecule has 0 nitrogen and oxygen atoms in total. The van der Waals surface area contributed by atoms with Gasteiger partial charge >= 0.3 is 0 Å². The molecule has 1 aromatic rings. The molecule has 2 rings (SSSR count). The van der Waals surface area contributed by atoms with Gasteiger partial charge in [0.15, 0.2) is 0 Å². The molecule has 0 unspecified atom stereocenters. The molecule has 1 aromatic carbocycles. The first-order valence-corrected chi connectivity index (χ1v) is 10.9. The summed E-state index contributed by atoms with van der Waals surface area (Å²) in [6.07, 6.45) is 16.7. The van der Waals surface area contributed by atoms with Gasteiger partial charge in [0, 0.05) is 0 Å². The molecular formula is C25H42. The Hall–Kier alpha value is -0.780. The monoisotopic (exact) mass is 342 g/mol. The maximum atomic E-state index is 2.46. The van der Waals surface area contributed by atoms with Gasteiger partial charge in [-0.1, -0.05) is 77.1 Å². The van der Waals surface area contributed by atoms with Crippen LogP contribution >= 0.6 is 0 Å². The maximum absolute atomic E-state index is 2.46. The minimum atomic E-state index is 0.493. The first-order chi connectivity index (χ1) is 11.8. The summed E-state index contributed by atoms with van der Waals surface area (Å²) in [7, 11) is 0. The van der Waals surface area contributed by atoms with E-state index in [0.29, 0.717) is 5.41 Å². The molecule has 1 fully saturated rings. The van der Waals surface area contributed by atoms with Crippen LogP contribution in [0.1, 0.15) is 109 Å². The highest BCUT2D eigenvalue weighted by molar-refractivity contribution is 5.31. The summed E-state index contributed by atoms with van der Waals surface area (Å²) < 4.78 is 0. The van der Waals surface area contributed by atoms with Crippen molar-refractivity contribution in [2.24, 2.45) is 10.8 Å². The van der Waals surface area contributed by atoms with Crippen LogP contribution < -0.4 is 0 Å². The number of hydrogen-bond donors (Lipinski definition) is 0. The number of benzene rings is 1. The Morgan fingerprint density at radius 1 is 0.840 bits per heavy atom. The Morgan fingerprint density at radius 2 is 1.48 bits per heavy atom. The molecule has 0 N–H and O–H groups in total. The third kappa shape index (κ3) is 8.43. The molecule has 25 heavy (non-hydrogen) atoms. The fraction of sp³-hybridized carbons (Fsp3) is 0.760. The van der Waals surface area contributed by atoms with E-state index >= 15 is 0 Å². The lowest BCUT2D eigenvalue weighted by atomic mass is 9.89. The molecule has 1 aliphatic carbocycles. The molecule has 0 saturated heterocycles. The SMILES string of the molecule is Cc1ccc(CCCCCC(C)(C)C)c(CCCCCC2(C)CC2)c1. The minimum absolute atomic E-state index is 0.493. The van der Waals surface area contributed by atoms with Crippen molar-refractivity contribution in [1.29, 1.82) is 0 Å². The van der Waals surface area contributed by atoms with E-state index in [9.17, 15) is 0 Å². The molecule has 0 aromatic heterocycles. The highest BCUT2D eigenvalue weighted by Crippen LogP contribution is 2.49. The van der Waals surface area contributed by atoms with Crippen LogP contribution in [-0.2, 0) is 12.8 Å². The van der Waals surface area contributed by atoms with Gasteiger partial charge in [-0.2, -0.15) is 0 Å². The van der Waals surface area contributed by atoms with Crippen LogP contribution in [0.25, 0.3) is 0 Å². The zero-order valence-corrected chi connectivity index (χ0v) is 17.7. The number of rotatable bonds is 11. The van der Waals surface area contributed by atoms with Crippen LogP contribution in [0.4, 0.5) is 0 Å². The smallest absolute Gasteiger partial charge is 0.0276 e. The van der Waals surface area contributed by atoms with Gasteiger partial charge in [-0.15, -0.1) is 0 Å². The molecular weight excluding hydrogens is 300 g/mol. The summed E-state index contributed by atoms with van der Waals surface area (Å²) >= 11 is 0. The lowest BCUT2D eigenvalue weighted by Crippen LogP contribution is -2.04. The Bertz CT molecular complexity index is 513. The first-order valence-electron chi connectivity index (χ1n) is 10.9. The lowest BCUT2D eigenvalue weighted by Gasteiger charge is -2.17. The van der Waals surface area contributed by atoms with Crippen molar-refractivity contribution in [2.45, 2.75) is 112 Å². The van der Waals surface area contributed by atoms with Crippen molar-refractivity contribution >= 4 is 0 Å². The van der Waals surface area contributed by atoms with Crippen LogP contribution in [0, 0.1) is 17.8 Å². The summed E-state index contributed by atoms with van der Waals surface area (Å²) in [5, 5.41) is 0. The van der Waals surface area contributed by atoms with E-state index in [1.807, 2.05) is 0 Å². The first kappa shape index (κ1) is 20.5. The molecule has 0 spiro atoms. The Balaban J connectivity index is 1.70. The summed E-state index contributed by atoms with van der Waals surface area (Å²) in [4.78, 5) is 0. The number of aryl methyl sites for hydroxylation is 3. The minimum Gasteiger partial charge on any atom is -0.0602 e. The quantitative estimate of drug-likeness (QED) is 0.357. The summed E-state index contributed by atoms with van der Waals surface area (Å²) in [6.45, 7) is 11.8. The molecule has 0 bridgehead atoms. The van der Waals surface area contributed by atoms with Gasteiger partial charge in [-0.05, 0) is 80.2 Å². The van der Waals surface area contributed by atoms with Crippen molar-refractivity contribution in [3.63, 3.8) is 0 Å².